The summed E-state index contributed by atoms with van der Waals surface area (Å²) in [6, 6.07) is 6.74. The lowest BCUT2D eigenvalue weighted by Gasteiger charge is -2.34. The van der Waals surface area contributed by atoms with Gasteiger partial charge in [0.05, 0.1) is 11.4 Å². The average Bonchev–Trinajstić information content (AvgIpc) is 2.56. The van der Waals surface area contributed by atoms with Crippen molar-refractivity contribution in [2.75, 3.05) is 45.8 Å². The second kappa shape index (κ2) is 8.42. The van der Waals surface area contributed by atoms with Crippen LogP contribution in [-0.4, -0.2) is 74.2 Å². The molecule has 8 heteroatoms. The smallest absolute Gasteiger partial charge is 0.243 e. The summed E-state index contributed by atoms with van der Waals surface area (Å²) in [6.07, 6.45) is 0. The van der Waals surface area contributed by atoms with Gasteiger partial charge in [-0.15, -0.1) is 0 Å². The van der Waals surface area contributed by atoms with Gasteiger partial charge in [-0.05, 0) is 32.0 Å². The van der Waals surface area contributed by atoms with Gasteiger partial charge in [-0.1, -0.05) is 22.0 Å². The first-order chi connectivity index (χ1) is 11.4. The van der Waals surface area contributed by atoms with E-state index in [-0.39, 0.29) is 5.91 Å². The molecule has 1 aliphatic heterocycles. The van der Waals surface area contributed by atoms with E-state index in [1.54, 1.807) is 29.2 Å². The van der Waals surface area contributed by atoms with Gasteiger partial charge in [-0.25, -0.2) is 8.42 Å². The fourth-order valence-electron chi connectivity index (χ4n) is 2.77. The van der Waals surface area contributed by atoms with Crippen molar-refractivity contribution in [1.29, 1.82) is 0 Å². The van der Waals surface area contributed by atoms with Crippen molar-refractivity contribution in [3.63, 3.8) is 0 Å². The minimum Gasteiger partial charge on any atom is -0.342 e. The molecule has 1 aliphatic rings. The fraction of sp³-hybridized carbons (Fsp3) is 0.562. The topological polar surface area (TPSA) is 60.9 Å². The third-order valence-electron chi connectivity index (χ3n) is 4.24. The lowest BCUT2D eigenvalue weighted by molar-refractivity contribution is -0.132. The summed E-state index contributed by atoms with van der Waals surface area (Å²) >= 11 is 3.31. The van der Waals surface area contributed by atoms with Gasteiger partial charge >= 0.3 is 0 Å². The molecule has 6 nitrogen and oxygen atoms in total. The minimum atomic E-state index is -3.48. The molecule has 1 saturated heterocycles. The van der Waals surface area contributed by atoms with E-state index >= 15 is 0 Å². The standard InChI is InChI=1S/C16H24BrN3O3S/c1-3-19(4-2)16(21)13-18-8-10-20(11-9-18)24(22,23)15-7-5-6-14(17)12-15/h5-7,12H,3-4,8-11,13H2,1-2H3. The van der Waals surface area contributed by atoms with Crippen molar-refractivity contribution in [2.45, 2.75) is 18.7 Å². The number of carbonyl (C=O) groups is 1. The first-order valence-corrected chi connectivity index (χ1v) is 10.4. The number of carbonyl (C=O) groups excluding carboxylic acids is 1. The van der Waals surface area contributed by atoms with Gasteiger partial charge in [0.1, 0.15) is 0 Å². The maximum Gasteiger partial charge on any atom is 0.243 e. The number of piperazine rings is 1. The summed E-state index contributed by atoms with van der Waals surface area (Å²) in [7, 11) is -3.48. The maximum atomic E-state index is 12.7. The predicted molar refractivity (Wildman–Crippen MR) is 97.3 cm³/mol. The molecule has 24 heavy (non-hydrogen) atoms. The molecule has 1 aromatic rings. The van der Waals surface area contributed by atoms with Gasteiger partial charge in [0, 0.05) is 43.7 Å². The van der Waals surface area contributed by atoms with E-state index in [4.69, 9.17) is 0 Å². The maximum absolute atomic E-state index is 12.7. The Labute approximate surface area is 152 Å². The Hall–Kier alpha value is -0.960. The van der Waals surface area contributed by atoms with Crippen molar-refractivity contribution < 1.29 is 13.2 Å². The number of hydrogen-bond donors (Lipinski definition) is 0. The van der Waals surface area contributed by atoms with E-state index in [0.29, 0.717) is 50.7 Å². The normalized spacial score (nSPS) is 17.0. The Balaban J connectivity index is 1.96. The van der Waals surface area contributed by atoms with Crippen molar-refractivity contribution in [2.24, 2.45) is 0 Å². The second-order valence-corrected chi connectivity index (χ2v) is 8.56. The number of hydrogen-bond acceptors (Lipinski definition) is 4. The van der Waals surface area contributed by atoms with Crippen LogP contribution in [0.5, 0.6) is 0 Å². The SMILES string of the molecule is CCN(CC)C(=O)CN1CCN(S(=O)(=O)c2cccc(Br)c2)CC1. The number of rotatable bonds is 6. The Morgan fingerprint density at radius 3 is 2.33 bits per heavy atom. The van der Waals surface area contributed by atoms with Gasteiger partial charge in [-0.3, -0.25) is 9.69 Å². The zero-order valence-electron chi connectivity index (χ0n) is 14.1. The number of amides is 1. The zero-order chi connectivity index (χ0) is 17.7. The summed E-state index contributed by atoms with van der Waals surface area (Å²) in [4.78, 5) is 16.3. The summed E-state index contributed by atoms with van der Waals surface area (Å²) in [5.41, 5.74) is 0. The zero-order valence-corrected chi connectivity index (χ0v) is 16.5. The summed E-state index contributed by atoms with van der Waals surface area (Å²) in [5, 5.41) is 0. The molecule has 0 saturated carbocycles. The van der Waals surface area contributed by atoms with Crippen LogP contribution in [0.2, 0.25) is 0 Å². The van der Waals surface area contributed by atoms with Crippen LogP contribution in [0.1, 0.15) is 13.8 Å². The molecule has 1 amide bonds. The van der Waals surface area contributed by atoms with Crippen LogP contribution in [0.4, 0.5) is 0 Å². The third-order valence-corrected chi connectivity index (χ3v) is 6.63. The molecule has 0 aliphatic carbocycles. The minimum absolute atomic E-state index is 0.100. The highest BCUT2D eigenvalue weighted by Gasteiger charge is 2.29. The van der Waals surface area contributed by atoms with Gasteiger partial charge < -0.3 is 4.90 Å². The van der Waals surface area contributed by atoms with Crippen molar-refractivity contribution in [1.82, 2.24) is 14.1 Å². The first-order valence-electron chi connectivity index (χ1n) is 8.14. The average molecular weight is 418 g/mol. The molecule has 134 valence electrons. The highest BCUT2D eigenvalue weighted by Crippen LogP contribution is 2.21. The number of benzene rings is 1. The molecule has 0 aromatic heterocycles. The van der Waals surface area contributed by atoms with Crippen LogP contribution in [0.3, 0.4) is 0 Å². The number of sulfonamides is 1. The van der Waals surface area contributed by atoms with Gasteiger partial charge in [0.25, 0.3) is 0 Å². The highest BCUT2D eigenvalue weighted by atomic mass is 79.9. The van der Waals surface area contributed by atoms with E-state index in [0.717, 1.165) is 4.47 Å². The van der Waals surface area contributed by atoms with Crippen LogP contribution in [-0.2, 0) is 14.8 Å². The lowest BCUT2D eigenvalue weighted by atomic mass is 10.3. The summed E-state index contributed by atoms with van der Waals surface area (Å²) < 4.78 is 27.6. The van der Waals surface area contributed by atoms with E-state index in [1.807, 2.05) is 18.7 Å². The van der Waals surface area contributed by atoms with Crippen LogP contribution in [0.15, 0.2) is 33.6 Å². The Bertz CT molecular complexity index is 669. The Morgan fingerprint density at radius 2 is 1.79 bits per heavy atom. The predicted octanol–water partition coefficient (Wildman–Crippen LogP) is 1.62. The van der Waals surface area contributed by atoms with Gasteiger partial charge in [0.2, 0.25) is 15.9 Å². The molecule has 1 heterocycles. The van der Waals surface area contributed by atoms with E-state index in [2.05, 4.69) is 15.9 Å². The first kappa shape index (κ1) is 19.4. The van der Waals surface area contributed by atoms with Crippen LogP contribution < -0.4 is 0 Å². The molecular weight excluding hydrogens is 394 g/mol. The van der Waals surface area contributed by atoms with Crippen molar-refractivity contribution in [3.05, 3.63) is 28.7 Å². The molecule has 0 radical (unpaired) electrons. The highest BCUT2D eigenvalue weighted by molar-refractivity contribution is 9.10. The third kappa shape index (κ3) is 4.56. The molecule has 0 spiro atoms. The van der Waals surface area contributed by atoms with Crippen molar-refractivity contribution >= 4 is 31.9 Å². The molecule has 1 aromatic carbocycles. The van der Waals surface area contributed by atoms with Crippen molar-refractivity contribution in [3.8, 4) is 0 Å². The molecule has 2 rings (SSSR count). The van der Waals surface area contributed by atoms with Crippen LogP contribution in [0, 0.1) is 0 Å². The quantitative estimate of drug-likeness (QED) is 0.705. The van der Waals surface area contributed by atoms with E-state index in [1.165, 1.54) is 4.31 Å². The number of halogens is 1. The Kier molecular flexibility index (Phi) is 6.79. The molecule has 0 unspecified atom stereocenters. The fourth-order valence-corrected chi connectivity index (χ4v) is 4.79. The largest absolute Gasteiger partial charge is 0.342 e. The van der Waals surface area contributed by atoms with E-state index in [9.17, 15) is 13.2 Å². The number of likely N-dealkylation sites (N-methyl/N-ethyl adjacent to an activating group) is 1. The molecule has 0 atom stereocenters. The molecule has 1 fully saturated rings. The number of nitrogens with zero attached hydrogens (tertiary/aromatic N) is 3. The summed E-state index contributed by atoms with van der Waals surface area (Å²) in [5.74, 6) is 0.100. The monoisotopic (exact) mass is 417 g/mol. The van der Waals surface area contributed by atoms with Crippen LogP contribution in [0.25, 0.3) is 0 Å². The lowest BCUT2D eigenvalue weighted by Crippen LogP contribution is -2.51. The second-order valence-electron chi connectivity index (χ2n) is 5.70. The Morgan fingerprint density at radius 1 is 1.17 bits per heavy atom. The van der Waals surface area contributed by atoms with E-state index < -0.39 is 10.0 Å². The summed E-state index contributed by atoms with van der Waals surface area (Å²) in [6.45, 7) is 7.63. The molecule has 0 bridgehead atoms. The molecule has 0 N–H and O–H groups in total. The van der Waals surface area contributed by atoms with Gasteiger partial charge in [-0.2, -0.15) is 4.31 Å². The van der Waals surface area contributed by atoms with Crippen LogP contribution >= 0.6 is 15.9 Å². The van der Waals surface area contributed by atoms with Gasteiger partial charge in [0.15, 0.2) is 0 Å². The molecular formula is C16H24BrN3O3S.